The Morgan fingerprint density at radius 2 is 2.07 bits per heavy atom. The third-order valence-corrected chi connectivity index (χ3v) is 4.84. The Morgan fingerprint density at radius 3 is 2.72 bits per heavy atom. The number of halogens is 1. The highest BCUT2D eigenvalue weighted by Gasteiger charge is 2.19. The number of nitrogens with one attached hydrogen (secondary N) is 2. The molecule has 158 valence electrons. The second kappa shape index (κ2) is 10.7. The van der Waals surface area contributed by atoms with Crippen molar-refractivity contribution in [3.05, 3.63) is 55.7 Å². The highest BCUT2D eigenvalue weighted by atomic mass is 35.5. The summed E-state index contributed by atoms with van der Waals surface area (Å²) < 4.78 is 1.35. The summed E-state index contributed by atoms with van der Waals surface area (Å²) in [5, 5.41) is 3.49. The van der Waals surface area contributed by atoms with Gasteiger partial charge < -0.3 is 16.0 Å². The molecular formula is C20H28ClN5O3. The van der Waals surface area contributed by atoms with Gasteiger partial charge in [0.15, 0.2) is 0 Å². The molecule has 0 aliphatic rings. The number of nitrogen functional groups attached to an aromatic ring is 1. The molecule has 0 radical (unpaired) electrons. The first-order valence-corrected chi connectivity index (χ1v) is 10.1. The van der Waals surface area contributed by atoms with Gasteiger partial charge in [-0.05, 0) is 37.5 Å². The van der Waals surface area contributed by atoms with Crippen molar-refractivity contribution in [1.82, 2.24) is 14.9 Å². The molecule has 1 heterocycles. The van der Waals surface area contributed by atoms with E-state index in [0.29, 0.717) is 31.1 Å². The molecule has 2 aromatic rings. The number of unbranched alkanes of at least 4 members (excludes halogenated alkanes) is 1. The number of aromatic amines is 1. The first-order chi connectivity index (χ1) is 13.9. The smallest absolute Gasteiger partial charge is 0.330 e. The fourth-order valence-corrected chi connectivity index (χ4v) is 3.25. The average Bonchev–Trinajstić information content (AvgIpc) is 2.67. The number of nitrogens with two attached hydrogens (primary N) is 1. The van der Waals surface area contributed by atoms with Crippen LogP contribution in [0.2, 0.25) is 5.02 Å². The van der Waals surface area contributed by atoms with E-state index >= 15 is 0 Å². The zero-order chi connectivity index (χ0) is 21.4. The monoisotopic (exact) mass is 421 g/mol. The summed E-state index contributed by atoms with van der Waals surface area (Å²) in [5.41, 5.74) is 6.17. The third kappa shape index (κ3) is 6.12. The van der Waals surface area contributed by atoms with E-state index in [4.69, 9.17) is 17.3 Å². The van der Waals surface area contributed by atoms with Gasteiger partial charge in [-0.25, -0.2) is 4.79 Å². The molecule has 0 bridgehead atoms. The topological polar surface area (TPSA) is 113 Å². The highest BCUT2D eigenvalue weighted by Crippen LogP contribution is 2.16. The van der Waals surface area contributed by atoms with Gasteiger partial charge >= 0.3 is 5.69 Å². The number of hydrogen-bond donors (Lipinski definition) is 3. The van der Waals surface area contributed by atoms with Crippen molar-refractivity contribution in [2.24, 2.45) is 0 Å². The number of carbonyl (C=O) groups excluding carboxylic acids is 1. The van der Waals surface area contributed by atoms with E-state index in [9.17, 15) is 14.4 Å². The summed E-state index contributed by atoms with van der Waals surface area (Å²) >= 11 is 5.96. The Bertz CT molecular complexity index is 954. The molecule has 29 heavy (non-hydrogen) atoms. The van der Waals surface area contributed by atoms with Gasteiger partial charge in [-0.3, -0.25) is 19.1 Å². The minimum atomic E-state index is -0.589. The lowest BCUT2D eigenvalue weighted by Gasteiger charge is -2.24. The van der Waals surface area contributed by atoms with E-state index in [0.717, 1.165) is 18.4 Å². The maximum atomic E-state index is 12.4. The van der Waals surface area contributed by atoms with Crippen LogP contribution in [0.15, 0.2) is 33.9 Å². The largest absolute Gasteiger partial charge is 0.383 e. The number of carbonyl (C=O) groups is 1. The molecular weight excluding hydrogens is 394 g/mol. The number of likely N-dealkylation sites (N-methyl/N-ethyl adjacent to an activating group) is 1. The van der Waals surface area contributed by atoms with Gasteiger partial charge in [-0.2, -0.15) is 0 Å². The van der Waals surface area contributed by atoms with Crippen LogP contribution in [0.4, 0.5) is 11.5 Å². The van der Waals surface area contributed by atoms with E-state index in [1.807, 2.05) is 32.0 Å². The molecule has 1 aromatic heterocycles. The predicted molar refractivity (Wildman–Crippen MR) is 117 cm³/mol. The van der Waals surface area contributed by atoms with Crippen LogP contribution in [0.5, 0.6) is 0 Å². The Kier molecular flexibility index (Phi) is 8.33. The lowest BCUT2D eigenvalue weighted by molar-refractivity contribution is -0.119. The van der Waals surface area contributed by atoms with Gasteiger partial charge in [0.25, 0.3) is 5.56 Å². The fraction of sp³-hybridized carbons (Fsp3) is 0.450. The summed E-state index contributed by atoms with van der Waals surface area (Å²) in [7, 11) is 0. The van der Waals surface area contributed by atoms with Crippen LogP contribution >= 0.6 is 11.6 Å². The zero-order valence-electron chi connectivity index (χ0n) is 16.8. The maximum absolute atomic E-state index is 12.4. The Hall–Kier alpha value is -2.74. The Balaban J connectivity index is 2.07. The number of aromatic nitrogens is 2. The van der Waals surface area contributed by atoms with Crippen LogP contribution in [0.3, 0.4) is 0 Å². The highest BCUT2D eigenvalue weighted by molar-refractivity contribution is 6.30. The van der Waals surface area contributed by atoms with Crippen LogP contribution in [0.25, 0.3) is 0 Å². The molecule has 0 aliphatic heterocycles. The molecule has 0 spiro atoms. The lowest BCUT2D eigenvalue weighted by Crippen LogP contribution is -2.43. The van der Waals surface area contributed by atoms with Crippen LogP contribution < -0.4 is 27.2 Å². The summed E-state index contributed by atoms with van der Waals surface area (Å²) in [6, 6.07) is 7.45. The van der Waals surface area contributed by atoms with Gasteiger partial charge in [0.05, 0.1) is 6.54 Å². The number of anilines is 2. The molecule has 0 saturated heterocycles. The number of amides is 1. The van der Waals surface area contributed by atoms with E-state index in [2.05, 4.69) is 10.3 Å². The SMILES string of the molecule is CCCCn1c(N)c(N(CC)CC(=O)NCCc2cccc(Cl)c2)c(=O)[nH]c1=O. The second-order valence-electron chi connectivity index (χ2n) is 6.74. The predicted octanol–water partition coefficient (Wildman–Crippen LogP) is 1.76. The van der Waals surface area contributed by atoms with Crippen molar-refractivity contribution in [2.45, 2.75) is 39.7 Å². The standard InChI is InChI=1S/C20H28ClN5O3/c1-3-5-11-26-18(22)17(19(28)24-20(26)29)25(4-2)13-16(27)23-10-9-14-7-6-8-15(21)12-14/h6-8,12H,3-5,9-11,13,22H2,1-2H3,(H,23,27)(H,24,28,29). The molecule has 0 atom stereocenters. The van der Waals surface area contributed by atoms with Crippen molar-refractivity contribution < 1.29 is 4.79 Å². The number of hydrogen-bond acceptors (Lipinski definition) is 5. The first-order valence-electron chi connectivity index (χ1n) is 9.76. The van der Waals surface area contributed by atoms with Crippen molar-refractivity contribution in [1.29, 1.82) is 0 Å². The number of benzene rings is 1. The van der Waals surface area contributed by atoms with Crippen LogP contribution in [-0.2, 0) is 17.8 Å². The van der Waals surface area contributed by atoms with Crippen LogP contribution in [0.1, 0.15) is 32.3 Å². The molecule has 0 saturated carbocycles. The van der Waals surface area contributed by atoms with Gasteiger partial charge in [0, 0.05) is 24.7 Å². The summed E-state index contributed by atoms with van der Waals surface area (Å²) in [5.74, 6) is -0.153. The average molecular weight is 422 g/mol. The number of H-pyrrole nitrogens is 1. The zero-order valence-corrected chi connectivity index (χ0v) is 17.6. The first kappa shape index (κ1) is 22.5. The van der Waals surface area contributed by atoms with Crippen molar-refractivity contribution in [3.63, 3.8) is 0 Å². The Labute approximate surface area is 174 Å². The van der Waals surface area contributed by atoms with E-state index in [1.165, 1.54) is 4.57 Å². The molecule has 8 nitrogen and oxygen atoms in total. The molecule has 0 aliphatic carbocycles. The summed E-state index contributed by atoms with van der Waals surface area (Å²) in [6.07, 6.45) is 2.28. The third-order valence-electron chi connectivity index (χ3n) is 4.61. The van der Waals surface area contributed by atoms with Crippen LogP contribution in [0, 0.1) is 0 Å². The molecule has 9 heteroatoms. The Morgan fingerprint density at radius 1 is 1.31 bits per heavy atom. The normalized spacial score (nSPS) is 10.7. The second-order valence-corrected chi connectivity index (χ2v) is 7.18. The van der Waals surface area contributed by atoms with Crippen molar-refractivity contribution in [3.8, 4) is 0 Å². The molecule has 0 fully saturated rings. The summed E-state index contributed by atoms with van der Waals surface area (Å²) in [4.78, 5) is 40.7. The minimum absolute atomic E-state index is 0.0364. The van der Waals surface area contributed by atoms with Crippen molar-refractivity contribution >= 4 is 29.0 Å². The van der Waals surface area contributed by atoms with Gasteiger partial charge in [0.1, 0.15) is 11.5 Å². The quantitative estimate of drug-likeness (QED) is 0.541. The molecule has 0 unspecified atom stereocenters. The van der Waals surface area contributed by atoms with Gasteiger partial charge in [0.2, 0.25) is 5.91 Å². The fourth-order valence-electron chi connectivity index (χ4n) is 3.04. The van der Waals surface area contributed by atoms with Gasteiger partial charge in [-0.1, -0.05) is 37.1 Å². The van der Waals surface area contributed by atoms with Crippen LogP contribution in [-0.4, -0.2) is 35.1 Å². The lowest BCUT2D eigenvalue weighted by atomic mass is 10.1. The maximum Gasteiger partial charge on any atom is 0.330 e. The summed E-state index contributed by atoms with van der Waals surface area (Å²) in [6.45, 7) is 5.03. The van der Waals surface area contributed by atoms with E-state index in [1.54, 1.807) is 11.0 Å². The molecule has 2 rings (SSSR count). The van der Waals surface area contributed by atoms with E-state index in [-0.39, 0.29) is 24.0 Å². The van der Waals surface area contributed by atoms with Gasteiger partial charge in [-0.15, -0.1) is 0 Å². The number of nitrogens with zero attached hydrogens (tertiary/aromatic N) is 2. The minimum Gasteiger partial charge on any atom is -0.383 e. The number of rotatable bonds is 10. The van der Waals surface area contributed by atoms with Crippen molar-refractivity contribution in [2.75, 3.05) is 30.3 Å². The molecule has 1 amide bonds. The molecule has 4 N–H and O–H groups in total. The molecule has 1 aromatic carbocycles. The van der Waals surface area contributed by atoms with E-state index < -0.39 is 11.2 Å².